The van der Waals surface area contributed by atoms with Crippen molar-refractivity contribution in [3.63, 3.8) is 0 Å². The van der Waals surface area contributed by atoms with E-state index in [4.69, 9.17) is 4.74 Å². The second-order valence-electron chi connectivity index (χ2n) is 6.24. The zero-order valence-corrected chi connectivity index (χ0v) is 14.6. The fourth-order valence-corrected chi connectivity index (χ4v) is 3.35. The van der Waals surface area contributed by atoms with Gasteiger partial charge in [-0.2, -0.15) is 0 Å². The Hall–Kier alpha value is -2.48. The summed E-state index contributed by atoms with van der Waals surface area (Å²) in [4.78, 5) is 2.47. The van der Waals surface area contributed by atoms with E-state index in [0.717, 1.165) is 5.75 Å². The van der Waals surface area contributed by atoms with E-state index in [1.54, 1.807) is 7.11 Å². The smallest absolute Gasteiger partial charge is 0.118 e. The van der Waals surface area contributed by atoms with Gasteiger partial charge in [-0.15, -0.1) is 0 Å². The highest BCUT2D eigenvalue weighted by Gasteiger charge is 2.14. The molecule has 1 saturated heterocycles. The van der Waals surface area contributed by atoms with Crippen molar-refractivity contribution in [1.82, 2.24) is 0 Å². The summed E-state index contributed by atoms with van der Waals surface area (Å²) < 4.78 is 5.27. The lowest BCUT2D eigenvalue weighted by atomic mass is 9.93. The molecular weight excluding hydrogens is 294 g/mol. The summed E-state index contributed by atoms with van der Waals surface area (Å²) in [6.45, 7) is 8.42. The highest BCUT2D eigenvalue weighted by atomic mass is 16.5. The first-order valence-corrected chi connectivity index (χ1v) is 8.56. The molecule has 0 amide bonds. The Morgan fingerprint density at radius 1 is 1.08 bits per heavy atom. The third kappa shape index (κ3) is 3.38. The minimum atomic E-state index is 0.873. The van der Waals surface area contributed by atoms with Crippen LogP contribution in [0, 0.1) is 6.92 Å². The molecule has 1 fully saturated rings. The first-order chi connectivity index (χ1) is 11.7. The first kappa shape index (κ1) is 16.4. The van der Waals surface area contributed by atoms with Gasteiger partial charge in [-0.3, -0.25) is 0 Å². The second-order valence-corrected chi connectivity index (χ2v) is 6.24. The molecule has 0 radical (unpaired) electrons. The van der Waals surface area contributed by atoms with E-state index in [9.17, 15) is 0 Å². The lowest BCUT2D eigenvalue weighted by molar-refractivity contribution is 0.415. The Bertz CT molecular complexity index is 737. The fourth-order valence-electron chi connectivity index (χ4n) is 3.35. The quantitative estimate of drug-likeness (QED) is 0.700. The predicted octanol–water partition coefficient (Wildman–Crippen LogP) is 5.22. The Kier molecular flexibility index (Phi) is 5.05. The Morgan fingerprint density at radius 3 is 2.38 bits per heavy atom. The van der Waals surface area contributed by atoms with Gasteiger partial charge < -0.3 is 9.64 Å². The standard InChI is InChI=1S/C22H25NO/c1-4-7-22(18-8-11-20(24-3)12-9-18)21-13-10-19(16-17(21)2)23-14-5-6-15-23/h4,7-13,16H,1,5-6,14-15H2,2-3H3/b22-7-. The molecule has 0 spiro atoms. The topological polar surface area (TPSA) is 12.5 Å². The molecule has 1 heterocycles. The summed E-state index contributed by atoms with van der Waals surface area (Å²) in [6.07, 6.45) is 6.54. The van der Waals surface area contributed by atoms with Crippen molar-refractivity contribution in [2.45, 2.75) is 19.8 Å². The third-order valence-corrected chi connectivity index (χ3v) is 4.66. The molecule has 0 N–H and O–H groups in total. The number of nitrogens with zero attached hydrogens (tertiary/aromatic N) is 1. The van der Waals surface area contributed by atoms with Crippen molar-refractivity contribution in [3.05, 3.63) is 77.9 Å². The number of ether oxygens (including phenoxy) is 1. The summed E-state index contributed by atoms with van der Waals surface area (Å²) >= 11 is 0. The van der Waals surface area contributed by atoms with Crippen LogP contribution in [0.15, 0.2) is 61.2 Å². The van der Waals surface area contributed by atoms with Gasteiger partial charge in [0.2, 0.25) is 0 Å². The average Bonchev–Trinajstić information content (AvgIpc) is 3.15. The van der Waals surface area contributed by atoms with E-state index in [-0.39, 0.29) is 0 Å². The molecule has 0 atom stereocenters. The largest absolute Gasteiger partial charge is 0.497 e. The second kappa shape index (κ2) is 7.39. The maximum atomic E-state index is 5.27. The molecule has 0 aromatic heterocycles. The number of aryl methyl sites for hydroxylation is 1. The van der Waals surface area contributed by atoms with Crippen molar-refractivity contribution in [1.29, 1.82) is 0 Å². The molecule has 2 aromatic carbocycles. The molecule has 124 valence electrons. The molecule has 2 heteroatoms. The molecule has 3 rings (SSSR count). The summed E-state index contributed by atoms with van der Waals surface area (Å²) in [7, 11) is 1.69. The Labute approximate surface area is 145 Å². The van der Waals surface area contributed by atoms with E-state index in [0.29, 0.717) is 0 Å². The maximum Gasteiger partial charge on any atom is 0.118 e. The fraction of sp³-hybridized carbons (Fsp3) is 0.273. The van der Waals surface area contributed by atoms with E-state index in [2.05, 4.69) is 54.8 Å². The summed E-state index contributed by atoms with van der Waals surface area (Å²) in [5.74, 6) is 0.873. The zero-order chi connectivity index (χ0) is 16.9. The predicted molar refractivity (Wildman–Crippen MR) is 103 cm³/mol. The number of hydrogen-bond donors (Lipinski definition) is 0. The van der Waals surface area contributed by atoms with Crippen LogP contribution < -0.4 is 9.64 Å². The van der Waals surface area contributed by atoms with Gasteiger partial charge in [0.1, 0.15) is 5.75 Å². The van der Waals surface area contributed by atoms with Gasteiger partial charge in [0.25, 0.3) is 0 Å². The molecule has 1 aliphatic rings. The van der Waals surface area contributed by atoms with Crippen LogP contribution in [0.25, 0.3) is 5.57 Å². The molecule has 1 aliphatic heterocycles. The molecule has 2 nitrogen and oxygen atoms in total. The van der Waals surface area contributed by atoms with Crippen LogP contribution in [0.2, 0.25) is 0 Å². The lowest BCUT2D eigenvalue weighted by Gasteiger charge is -2.20. The molecule has 2 aromatic rings. The number of anilines is 1. The average molecular weight is 319 g/mol. The molecule has 0 saturated carbocycles. The molecule has 0 aliphatic carbocycles. The van der Waals surface area contributed by atoms with E-state index < -0.39 is 0 Å². The van der Waals surface area contributed by atoms with Gasteiger partial charge in [-0.05, 0) is 66.3 Å². The number of benzene rings is 2. The minimum absolute atomic E-state index is 0.873. The van der Waals surface area contributed by atoms with E-state index in [1.807, 2.05) is 18.2 Å². The molecule has 0 bridgehead atoms. The van der Waals surface area contributed by atoms with Crippen molar-refractivity contribution in [3.8, 4) is 5.75 Å². The minimum Gasteiger partial charge on any atom is -0.497 e. The SMILES string of the molecule is C=C/C=C(/c1ccc(OC)cc1)c1ccc(N2CCCC2)cc1C. The lowest BCUT2D eigenvalue weighted by Crippen LogP contribution is -2.17. The van der Waals surface area contributed by atoms with Crippen LogP contribution in [0.1, 0.15) is 29.5 Å². The van der Waals surface area contributed by atoms with Crippen molar-refractivity contribution >= 4 is 11.3 Å². The van der Waals surface area contributed by atoms with Crippen LogP contribution in [0.3, 0.4) is 0 Å². The molecule has 24 heavy (non-hydrogen) atoms. The van der Waals surface area contributed by atoms with Crippen LogP contribution >= 0.6 is 0 Å². The molecule has 0 unspecified atom stereocenters. The first-order valence-electron chi connectivity index (χ1n) is 8.56. The number of rotatable bonds is 5. The van der Waals surface area contributed by atoms with Gasteiger partial charge in [-0.1, -0.05) is 36.9 Å². The number of methoxy groups -OCH3 is 1. The Balaban J connectivity index is 1.96. The third-order valence-electron chi connectivity index (χ3n) is 4.66. The van der Waals surface area contributed by atoms with Crippen molar-refractivity contribution in [2.75, 3.05) is 25.1 Å². The van der Waals surface area contributed by atoms with Crippen molar-refractivity contribution in [2.24, 2.45) is 0 Å². The number of allylic oxidation sites excluding steroid dienone is 2. The van der Waals surface area contributed by atoms with Gasteiger partial charge in [0.05, 0.1) is 7.11 Å². The van der Waals surface area contributed by atoms with Gasteiger partial charge in [0.15, 0.2) is 0 Å². The Morgan fingerprint density at radius 2 is 1.79 bits per heavy atom. The summed E-state index contributed by atoms with van der Waals surface area (Å²) in [5, 5.41) is 0. The van der Waals surface area contributed by atoms with Gasteiger partial charge in [-0.25, -0.2) is 0 Å². The highest BCUT2D eigenvalue weighted by molar-refractivity contribution is 5.83. The summed E-state index contributed by atoms with van der Waals surface area (Å²) in [5.41, 5.74) is 6.25. The molecular formula is C22H25NO. The van der Waals surface area contributed by atoms with E-state index in [1.165, 1.54) is 53.9 Å². The maximum absolute atomic E-state index is 5.27. The number of hydrogen-bond acceptors (Lipinski definition) is 2. The van der Waals surface area contributed by atoms with E-state index >= 15 is 0 Å². The van der Waals surface area contributed by atoms with Crippen LogP contribution in [-0.4, -0.2) is 20.2 Å². The zero-order valence-electron chi connectivity index (χ0n) is 14.6. The van der Waals surface area contributed by atoms with Crippen LogP contribution in [0.5, 0.6) is 5.75 Å². The van der Waals surface area contributed by atoms with Crippen LogP contribution in [0.4, 0.5) is 5.69 Å². The van der Waals surface area contributed by atoms with Crippen LogP contribution in [-0.2, 0) is 0 Å². The van der Waals surface area contributed by atoms with Crippen molar-refractivity contribution < 1.29 is 4.74 Å². The van der Waals surface area contributed by atoms with Gasteiger partial charge >= 0.3 is 0 Å². The summed E-state index contributed by atoms with van der Waals surface area (Å²) in [6, 6.07) is 15.0. The highest BCUT2D eigenvalue weighted by Crippen LogP contribution is 2.31. The normalized spacial score (nSPS) is 14.8. The van der Waals surface area contributed by atoms with Gasteiger partial charge in [0, 0.05) is 18.8 Å². The monoisotopic (exact) mass is 319 g/mol.